The Kier molecular flexibility index (Phi) is 6.31. The number of piperidine rings is 1. The summed E-state index contributed by atoms with van der Waals surface area (Å²) in [4.78, 5) is 19.2. The van der Waals surface area contributed by atoms with Crippen molar-refractivity contribution in [2.45, 2.75) is 48.8 Å². The van der Waals surface area contributed by atoms with E-state index in [-0.39, 0.29) is 29.2 Å². The van der Waals surface area contributed by atoms with Crippen LogP contribution in [0.15, 0.2) is 29.4 Å². The Hall–Kier alpha value is -1.72. The van der Waals surface area contributed by atoms with Crippen LogP contribution in [0.3, 0.4) is 0 Å². The number of aromatic nitrogens is 2. The van der Waals surface area contributed by atoms with Crippen molar-refractivity contribution in [2.75, 3.05) is 24.6 Å². The normalized spacial score (nSPS) is 24.5. The number of nitrogens with zero attached hydrogens (tertiary/aromatic N) is 3. The molecule has 2 unspecified atom stereocenters. The third-order valence-electron chi connectivity index (χ3n) is 5.64. The molecule has 1 amide bonds. The summed E-state index contributed by atoms with van der Waals surface area (Å²) in [5.74, 6) is -3.12. The summed E-state index contributed by atoms with van der Waals surface area (Å²) < 4.78 is 51.9. The maximum absolute atomic E-state index is 13.0. The zero-order valence-corrected chi connectivity index (χ0v) is 18.0. The van der Waals surface area contributed by atoms with Gasteiger partial charge < -0.3 is 9.88 Å². The highest BCUT2D eigenvalue weighted by Gasteiger charge is 2.42. The van der Waals surface area contributed by atoms with Crippen LogP contribution in [0.5, 0.6) is 0 Å². The summed E-state index contributed by atoms with van der Waals surface area (Å²) in [7, 11) is -3.24. The van der Waals surface area contributed by atoms with E-state index in [1.807, 2.05) is 0 Å². The van der Waals surface area contributed by atoms with Crippen molar-refractivity contribution in [3.8, 4) is 0 Å². The molecule has 2 aliphatic heterocycles. The fraction of sp³-hybridized carbons (Fsp3) is 0.579. The minimum atomic E-state index is -3.24. The topological polar surface area (TPSA) is 84.3 Å². The number of benzene rings is 1. The molecule has 1 N–H and O–H groups in total. The number of rotatable bonds is 6. The summed E-state index contributed by atoms with van der Waals surface area (Å²) >= 11 is 0.293. The summed E-state index contributed by atoms with van der Waals surface area (Å²) in [6.07, 6.45) is 3.17. The van der Waals surface area contributed by atoms with E-state index in [9.17, 15) is 22.0 Å². The van der Waals surface area contributed by atoms with Crippen molar-refractivity contribution in [3.63, 3.8) is 0 Å². The molecule has 164 valence electrons. The van der Waals surface area contributed by atoms with Gasteiger partial charge in [-0.2, -0.15) is 8.78 Å². The molecule has 2 aromatic rings. The second kappa shape index (κ2) is 8.80. The highest BCUT2D eigenvalue weighted by atomic mass is 32.2. The van der Waals surface area contributed by atoms with Gasteiger partial charge in [-0.25, -0.2) is 13.4 Å². The molecule has 2 aliphatic rings. The standard InChI is InChI=1S/C19H24F2N4O3S2/c20-18(21)29-19-23-13-6-2-3-7-15(13)25(19)10-17(26)22-14-11-30(27,28)12-16(14)24-8-4-1-5-9-24/h2-3,6-7,14,16,18H,1,4-5,8-12H2,(H,22,26). The average molecular weight is 459 g/mol. The first-order valence-corrected chi connectivity index (χ1v) is 12.7. The first-order chi connectivity index (χ1) is 14.3. The molecular weight excluding hydrogens is 434 g/mol. The highest BCUT2D eigenvalue weighted by molar-refractivity contribution is 7.99. The van der Waals surface area contributed by atoms with E-state index in [0.717, 1.165) is 32.4 Å². The first-order valence-electron chi connectivity index (χ1n) is 9.96. The van der Waals surface area contributed by atoms with Gasteiger partial charge in [0.15, 0.2) is 15.0 Å². The Morgan fingerprint density at radius 1 is 1.20 bits per heavy atom. The van der Waals surface area contributed by atoms with Crippen molar-refractivity contribution in [3.05, 3.63) is 24.3 Å². The van der Waals surface area contributed by atoms with Gasteiger partial charge >= 0.3 is 0 Å². The van der Waals surface area contributed by atoms with Gasteiger partial charge in [-0.1, -0.05) is 18.6 Å². The molecule has 0 bridgehead atoms. The Morgan fingerprint density at radius 3 is 2.67 bits per heavy atom. The molecule has 0 aliphatic carbocycles. The van der Waals surface area contributed by atoms with Crippen LogP contribution in [0.1, 0.15) is 19.3 Å². The molecule has 0 saturated carbocycles. The van der Waals surface area contributed by atoms with Crippen LogP contribution >= 0.6 is 11.8 Å². The smallest absolute Gasteiger partial charge is 0.291 e. The number of carbonyl (C=O) groups excluding carboxylic acids is 1. The number of thioether (sulfide) groups is 1. The van der Waals surface area contributed by atoms with E-state index >= 15 is 0 Å². The third kappa shape index (κ3) is 4.78. The number of carbonyl (C=O) groups is 1. The van der Waals surface area contributed by atoms with E-state index in [1.165, 1.54) is 4.57 Å². The zero-order valence-electron chi connectivity index (χ0n) is 16.3. The Balaban J connectivity index is 1.52. The second-order valence-electron chi connectivity index (χ2n) is 7.76. The number of hydrogen-bond donors (Lipinski definition) is 1. The summed E-state index contributed by atoms with van der Waals surface area (Å²) in [6, 6.07) is 6.20. The molecule has 11 heteroatoms. The second-order valence-corrected chi connectivity index (χ2v) is 10.9. The molecular formula is C19H24F2N4O3S2. The predicted octanol–water partition coefficient (Wildman–Crippen LogP) is 2.12. The number of amides is 1. The van der Waals surface area contributed by atoms with E-state index in [1.54, 1.807) is 24.3 Å². The maximum Gasteiger partial charge on any atom is 0.291 e. The fourth-order valence-corrected chi connectivity index (χ4v) is 6.90. The van der Waals surface area contributed by atoms with Gasteiger partial charge in [0.25, 0.3) is 5.76 Å². The average Bonchev–Trinajstić information content (AvgIpc) is 3.18. The largest absolute Gasteiger partial charge is 0.349 e. The van der Waals surface area contributed by atoms with Crippen molar-refractivity contribution >= 4 is 38.5 Å². The number of halogens is 2. The number of hydrogen-bond acceptors (Lipinski definition) is 6. The number of sulfone groups is 1. The van der Waals surface area contributed by atoms with Crippen LogP contribution in [0.4, 0.5) is 8.78 Å². The molecule has 30 heavy (non-hydrogen) atoms. The molecule has 1 aromatic carbocycles. The van der Waals surface area contributed by atoms with Crippen LogP contribution in [0.25, 0.3) is 11.0 Å². The lowest BCUT2D eigenvalue weighted by Gasteiger charge is -2.35. The Labute approximate surface area is 178 Å². The monoisotopic (exact) mass is 458 g/mol. The minimum Gasteiger partial charge on any atom is -0.349 e. The highest BCUT2D eigenvalue weighted by Crippen LogP contribution is 2.28. The Bertz CT molecular complexity index is 1020. The van der Waals surface area contributed by atoms with Gasteiger partial charge in [0, 0.05) is 6.04 Å². The van der Waals surface area contributed by atoms with Gasteiger partial charge in [0.2, 0.25) is 5.91 Å². The fourth-order valence-electron chi connectivity index (χ4n) is 4.35. The van der Waals surface area contributed by atoms with Crippen LogP contribution in [0.2, 0.25) is 0 Å². The van der Waals surface area contributed by atoms with E-state index < -0.39 is 27.5 Å². The molecule has 2 atom stereocenters. The first kappa shape index (κ1) is 21.5. The van der Waals surface area contributed by atoms with Gasteiger partial charge in [-0.15, -0.1) is 0 Å². The predicted molar refractivity (Wildman–Crippen MR) is 111 cm³/mol. The van der Waals surface area contributed by atoms with Crippen molar-refractivity contribution in [1.29, 1.82) is 0 Å². The zero-order chi connectivity index (χ0) is 21.3. The lowest BCUT2D eigenvalue weighted by atomic mass is 10.0. The number of nitrogens with one attached hydrogen (secondary N) is 1. The van der Waals surface area contributed by atoms with Gasteiger partial charge in [0.1, 0.15) is 6.54 Å². The maximum atomic E-state index is 13.0. The Morgan fingerprint density at radius 2 is 1.93 bits per heavy atom. The van der Waals surface area contributed by atoms with Gasteiger partial charge in [0.05, 0.1) is 28.6 Å². The molecule has 3 heterocycles. The number of likely N-dealkylation sites (tertiary alicyclic amines) is 1. The molecule has 2 fully saturated rings. The molecule has 0 radical (unpaired) electrons. The number of imidazole rings is 1. The third-order valence-corrected chi connectivity index (χ3v) is 8.06. The quantitative estimate of drug-likeness (QED) is 0.668. The molecule has 7 nitrogen and oxygen atoms in total. The SMILES string of the molecule is O=C(Cn1c(SC(F)F)nc2ccccc21)NC1CS(=O)(=O)CC1N1CCCCC1. The molecule has 1 aromatic heterocycles. The molecule has 4 rings (SSSR count). The number of alkyl halides is 2. The van der Waals surface area contributed by atoms with Crippen LogP contribution in [0, 0.1) is 0 Å². The van der Waals surface area contributed by atoms with Gasteiger partial charge in [-0.3, -0.25) is 9.69 Å². The van der Waals surface area contributed by atoms with Crippen LogP contribution in [-0.4, -0.2) is 71.2 Å². The van der Waals surface area contributed by atoms with Crippen molar-refractivity contribution in [2.24, 2.45) is 0 Å². The van der Waals surface area contributed by atoms with Crippen molar-refractivity contribution < 1.29 is 22.0 Å². The van der Waals surface area contributed by atoms with E-state index in [0.29, 0.717) is 22.8 Å². The number of para-hydroxylation sites is 2. The lowest BCUT2D eigenvalue weighted by Crippen LogP contribution is -2.53. The van der Waals surface area contributed by atoms with E-state index in [4.69, 9.17) is 0 Å². The molecule has 0 spiro atoms. The van der Waals surface area contributed by atoms with E-state index in [2.05, 4.69) is 15.2 Å². The summed E-state index contributed by atoms with van der Waals surface area (Å²) in [6.45, 7) is 1.46. The summed E-state index contributed by atoms with van der Waals surface area (Å²) in [5.41, 5.74) is 1.12. The lowest BCUT2D eigenvalue weighted by molar-refractivity contribution is -0.122. The molecule has 2 saturated heterocycles. The van der Waals surface area contributed by atoms with Crippen LogP contribution in [-0.2, 0) is 21.2 Å². The van der Waals surface area contributed by atoms with Crippen molar-refractivity contribution in [1.82, 2.24) is 19.8 Å². The van der Waals surface area contributed by atoms with Crippen LogP contribution < -0.4 is 5.32 Å². The minimum absolute atomic E-state index is 0.0401. The summed E-state index contributed by atoms with van der Waals surface area (Å²) in [5, 5.41) is 2.92. The van der Waals surface area contributed by atoms with Gasteiger partial charge in [-0.05, 0) is 49.8 Å². The number of fused-ring (bicyclic) bond motifs is 1.